The second-order valence-corrected chi connectivity index (χ2v) is 4.10. The standard InChI is InChI=1S/C12H20N2O3/c1-7(2)11(16)13-6-10(15)9(5)14-12(17)8(3)4/h9-10,15H,1,3,6H2,2,4-5H3,(H,13,16)(H,14,17). The Kier molecular flexibility index (Phi) is 6.20. The molecule has 2 amide bonds. The van der Waals surface area contributed by atoms with Gasteiger partial charge in [-0.25, -0.2) is 0 Å². The van der Waals surface area contributed by atoms with Gasteiger partial charge in [-0.15, -0.1) is 0 Å². The number of aliphatic hydroxyl groups excluding tert-OH is 1. The fourth-order valence-corrected chi connectivity index (χ4v) is 0.951. The Morgan fingerprint density at radius 1 is 1.18 bits per heavy atom. The zero-order valence-electron chi connectivity index (χ0n) is 10.5. The third-order valence-corrected chi connectivity index (χ3v) is 2.18. The van der Waals surface area contributed by atoms with E-state index in [1.807, 2.05) is 0 Å². The lowest BCUT2D eigenvalue weighted by Gasteiger charge is -2.20. The summed E-state index contributed by atoms with van der Waals surface area (Å²) in [7, 11) is 0. The number of nitrogens with one attached hydrogen (secondary N) is 2. The molecule has 0 radical (unpaired) electrons. The first-order valence-electron chi connectivity index (χ1n) is 5.33. The van der Waals surface area contributed by atoms with Crippen molar-refractivity contribution in [3.63, 3.8) is 0 Å². The topological polar surface area (TPSA) is 78.4 Å². The minimum Gasteiger partial charge on any atom is -0.389 e. The molecular formula is C12H20N2O3. The SMILES string of the molecule is C=C(C)C(=O)NCC(O)C(C)NC(=O)C(=C)C. The van der Waals surface area contributed by atoms with Crippen molar-refractivity contribution >= 4 is 11.8 Å². The third-order valence-electron chi connectivity index (χ3n) is 2.18. The molecule has 5 heteroatoms. The van der Waals surface area contributed by atoms with Gasteiger partial charge in [-0.1, -0.05) is 13.2 Å². The predicted molar refractivity (Wildman–Crippen MR) is 66.2 cm³/mol. The summed E-state index contributed by atoms with van der Waals surface area (Å²) in [5.41, 5.74) is 0.742. The number of amides is 2. The van der Waals surface area contributed by atoms with Crippen LogP contribution in [0.15, 0.2) is 24.3 Å². The zero-order chi connectivity index (χ0) is 13.6. The van der Waals surface area contributed by atoms with Crippen LogP contribution in [0.4, 0.5) is 0 Å². The maximum absolute atomic E-state index is 11.3. The molecule has 0 fully saturated rings. The summed E-state index contributed by atoms with van der Waals surface area (Å²) in [6, 6.07) is -0.468. The van der Waals surface area contributed by atoms with E-state index >= 15 is 0 Å². The Hall–Kier alpha value is -1.62. The van der Waals surface area contributed by atoms with Crippen molar-refractivity contribution in [1.82, 2.24) is 10.6 Å². The first kappa shape index (κ1) is 15.4. The highest BCUT2D eigenvalue weighted by atomic mass is 16.3. The first-order chi connectivity index (χ1) is 7.75. The lowest BCUT2D eigenvalue weighted by atomic mass is 10.1. The van der Waals surface area contributed by atoms with Crippen LogP contribution in [-0.4, -0.2) is 35.6 Å². The van der Waals surface area contributed by atoms with Crippen molar-refractivity contribution in [3.8, 4) is 0 Å². The monoisotopic (exact) mass is 240 g/mol. The number of aliphatic hydroxyl groups is 1. The normalized spacial score (nSPS) is 13.4. The second kappa shape index (κ2) is 6.85. The van der Waals surface area contributed by atoms with E-state index in [1.54, 1.807) is 20.8 Å². The van der Waals surface area contributed by atoms with Gasteiger partial charge in [-0.3, -0.25) is 9.59 Å². The highest BCUT2D eigenvalue weighted by Crippen LogP contribution is 1.95. The Bertz CT molecular complexity index is 337. The molecule has 96 valence electrons. The molecular weight excluding hydrogens is 220 g/mol. The van der Waals surface area contributed by atoms with Gasteiger partial charge in [0.1, 0.15) is 0 Å². The molecule has 0 saturated heterocycles. The lowest BCUT2D eigenvalue weighted by Crippen LogP contribution is -2.46. The van der Waals surface area contributed by atoms with E-state index in [9.17, 15) is 14.7 Å². The molecule has 0 heterocycles. The molecule has 17 heavy (non-hydrogen) atoms. The van der Waals surface area contributed by atoms with Crippen LogP contribution in [0, 0.1) is 0 Å². The average molecular weight is 240 g/mol. The molecule has 0 rings (SSSR count). The molecule has 0 bridgehead atoms. The van der Waals surface area contributed by atoms with E-state index in [0.717, 1.165) is 0 Å². The van der Waals surface area contributed by atoms with E-state index in [-0.39, 0.29) is 18.4 Å². The smallest absolute Gasteiger partial charge is 0.246 e. The minimum absolute atomic E-state index is 0.0589. The van der Waals surface area contributed by atoms with E-state index < -0.39 is 12.1 Å². The molecule has 0 aliphatic rings. The first-order valence-corrected chi connectivity index (χ1v) is 5.33. The molecule has 0 aromatic heterocycles. The van der Waals surface area contributed by atoms with Crippen LogP contribution in [0.2, 0.25) is 0 Å². The summed E-state index contributed by atoms with van der Waals surface area (Å²) in [5.74, 6) is -0.634. The van der Waals surface area contributed by atoms with Crippen molar-refractivity contribution in [3.05, 3.63) is 24.3 Å². The summed E-state index contributed by atoms with van der Waals surface area (Å²) in [6.07, 6.45) is -0.860. The van der Waals surface area contributed by atoms with Gasteiger partial charge in [-0.05, 0) is 20.8 Å². The molecule has 2 unspecified atom stereocenters. The molecule has 0 aliphatic carbocycles. The van der Waals surface area contributed by atoms with E-state index in [4.69, 9.17) is 0 Å². The van der Waals surface area contributed by atoms with Gasteiger partial charge in [0.05, 0.1) is 12.1 Å². The Morgan fingerprint density at radius 2 is 1.65 bits per heavy atom. The molecule has 5 nitrogen and oxygen atoms in total. The summed E-state index contributed by atoms with van der Waals surface area (Å²) >= 11 is 0. The molecule has 0 saturated carbocycles. The summed E-state index contributed by atoms with van der Waals surface area (Å²) in [6.45, 7) is 11.8. The van der Waals surface area contributed by atoms with Crippen molar-refractivity contribution in [2.24, 2.45) is 0 Å². The van der Waals surface area contributed by atoms with Crippen LogP contribution in [0.5, 0.6) is 0 Å². The van der Waals surface area contributed by atoms with E-state index in [1.165, 1.54) is 0 Å². The zero-order valence-corrected chi connectivity index (χ0v) is 10.5. The highest BCUT2D eigenvalue weighted by molar-refractivity contribution is 5.92. The summed E-state index contributed by atoms with van der Waals surface area (Å²) in [5, 5.41) is 14.8. The van der Waals surface area contributed by atoms with Gasteiger partial charge in [-0.2, -0.15) is 0 Å². The van der Waals surface area contributed by atoms with Crippen LogP contribution in [0.3, 0.4) is 0 Å². The van der Waals surface area contributed by atoms with Crippen molar-refractivity contribution < 1.29 is 14.7 Å². The fraction of sp³-hybridized carbons (Fsp3) is 0.500. The van der Waals surface area contributed by atoms with Gasteiger partial charge in [0.2, 0.25) is 11.8 Å². The molecule has 0 aromatic rings. The van der Waals surface area contributed by atoms with Crippen molar-refractivity contribution in [1.29, 1.82) is 0 Å². The highest BCUT2D eigenvalue weighted by Gasteiger charge is 2.17. The van der Waals surface area contributed by atoms with Crippen molar-refractivity contribution in [2.45, 2.75) is 32.9 Å². The Morgan fingerprint density at radius 3 is 2.06 bits per heavy atom. The van der Waals surface area contributed by atoms with Crippen LogP contribution in [-0.2, 0) is 9.59 Å². The number of hydrogen-bond acceptors (Lipinski definition) is 3. The third kappa shape index (κ3) is 5.87. The fourth-order valence-electron chi connectivity index (χ4n) is 0.951. The molecule has 0 spiro atoms. The summed E-state index contributed by atoms with van der Waals surface area (Å²) in [4.78, 5) is 22.5. The number of hydrogen-bond donors (Lipinski definition) is 3. The number of carbonyl (C=O) groups excluding carboxylic acids is 2. The van der Waals surface area contributed by atoms with Crippen LogP contribution in [0.1, 0.15) is 20.8 Å². The van der Waals surface area contributed by atoms with Gasteiger partial charge in [0, 0.05) is 17.7 Å². The number of carbonyl (C=O) groups is 2. The molecule has 3 N–H and O–H groups in total. The van der Waals surface area contributed by atoms with E-state index in [0.29, 0.717) is 11.1 Å². The maximum Gasteiger partial charge on any atom is 0.246 e. The van der Waals surface area contributed by atoms with E-state index in [2.05, 4.69) is 23.8 Å². The molecule has 2 atom stereocenters. The predicted octanol–water partition coefficient (Wildman–Crippen LogP) is 0.120. The van der Waals surface area contributed by atoms with Crippen LogP contribution in [0.25, 0.3) is 0 Å². The Balaban J connectivity index is 4.10. The lowest BCUT2D eigenvalue weighted by molar-refractivity contribution is -0.118. The average Bonchev–Trinajstić information content (AvgIpc) is 2.24. The Labute approximate surface area is 102 Å². The second-order valence-electron chi connectivity index (χ2n) is 4.10. The number of rotatable bonds is 6. The molecule has 0 aromatic carbocycles. The van der Waals surface area contributed by atoms with Crippen molar-refractivity contribution in [2.75, 3.05) is 6.54 Å². The maximum atomic E-state index is 11.3. The summed E-state index contributed by atoms with van der Waals surface area (Å²) < 4.78 is 0. The molecule has 0 aliphatic heterocycles. The van der Waals surface area contributed by atoms with Crippen LogP contribution >= 0.6 is 0 Å². The quantitative estimate of drug-likeness (QED) is 0.577. The van der Waals surface area contributed by atoms with Crippen LogP contribution < -0.4 is 10.6 Å². The minimum atomic E-state index is -0.860. The van der Waals surface area contributed by atoms with Gasteiger partial charge >= 0.3 is 0 Å². The van der Waals surface area contributed by atoms with Gasteiger partial charge in [0.15, 0.2) is 0 Å². The largest absolute Gasteiger partial charge is 0.389 e. The van der Waals surface area contributed by atoms with Gasteiger partial charge in [0.25, 0.3) is 0 Å². The van der Waals surface area contributed by atoms with Gasteiger partial charge < -0.3 is 15.7 Å².